The van der Waals surface area contributed by atoms with E-state index < -0.39 is 11.9 Å². The molecule has 0 amide bonds. The molecule has 0 atom stereocenters. The van der Waals surface area contributed by atoms with Crippen LogP contribution < -0.4 is 4.74 Å². The third kappa shape index (κ3) is 5.52. The SMILES string of the molecule is CC(C)(C)[N+]([O-])=Cc1ccc(Sc2ccc(OC(F)(F)F)cc2)o1. The van der Waals surface area contributed by atoms with Crippen LogP contribution in [0.5, 0.6) is 5.75 Å². The summed E-state index contributed by atoms with van der Waals surface area (Å²) in [6.07, 6.45) is -3.36. The highest BCUT2D eigenvalue weighted by atomic mass is 32.2. The Morgan fingerprint density at radius 1 is 1.08 bits per heavy atom. The first kappa shape index (κ1) is 18.3. The fraction of sp³-hybridized carbons (Fsp3) is 0.312. The first-order valence-corrected chi connectivity index (χ1v) is 7.79. The molecule has 130 valence electrons. The number of alkyl halides is 3. The van der Waals surface area contributed by atoms with Gasteiger partial charge in [0.1, 0.15) is 5.75 Å². The van der Waals surface area contributed by atoms with E-state index in [2.05, 4.69) is 4.74 Å². The standard InChI is InChI=1S/C16H16F3NO3S/c1-15(2,3)20(21)10-12-6-9-14(22-12)24-13-7-4-11(5-8-13)23-16(17,18)19/h4-10H,1-3H3. The minimum atomic E-state index is -4.71. The maximum atomic E-state index is 12.1. The molecule has 1 aromatic carbocycles. The van der Waals surface area contributed by atoms with Gasteiger partial charge in [-0.2, -0.15) is 0 Å². The van der Waals surface area contributed by atoms with Crippen molar-refractivity contribution >= 4 is 18.0 Å². The lowest BCUT2D eigenvalue weighted by Crippen LogP contribution is -2.29. The zero-order valence-corrected chi connectivity index (χ0v) is 14.1. The Labute approximate surface area is 141 Å². The molecule has 0 bridgehead atoms. The summed E-state index contributed by atoms with van der Waals surface area (Å²) < 4.78 is 46.4. The smallest absolute Gasteiger partial charge is 0.573 e. The van der Waals surface area contributed by atoms with Crippen molar-refractivity contribution in [3.05, 3.63) is 47.4 Å². The van der Waals surface area contributed by atoms with Crippen molar-refractivity contribution < 1.29 is 27.1 Å². The minimum absolute atomic E-state index is 0.285. The number of ether oxygens (including phenoxy) is 1. The van der Waals surface area contributed by atoms with Gasteiger partial charge in [-0.05, 0) is 36.4 Å². The van der Waals surface area contributed by atoms with Gasteiger partial charge in [0.25, 0.3) is 0 Å². The number of nitrogens with zero attached hydrogens (tertiary/aromatic N) is 1. The van der Waals surface area contributed by atoms with Gasteiger partial charge in [-0.15, -0.1) is 13.2 Å². The van der Waals surface area contributed by atoms with Gasteiger partial charge in [-0.1, -0.05) is 11.8 Å². The molecule has 0 radical (unpaired) electrons. The Balaban J connectivity index is 2.05. The van der Waals surface area contributed by atoms with Crippen LogP contribution in [0.2, 0.25) is 0 Å². The highest BCUT2D eigenvalue weighted by Gasteiger charge is 2.31. The molecule has 1 aromatic heterocycles. The lowest BCUT2D eigenvalue weighted by atomic mass is 10.1. The second-order valence-corrected chi connectivity index (χ2v) is 6.98. The molecule has 0 N–H and O–H groups in total. The van der Waals surface area contributed by atoms with Crippen LogP contribution in [0.3, 0.4) is 0 Å². The second kappa shape index (κ2) is 6.80. The van der Waals surface area contributed by atoms with Crippen LogP contribution in [-0.4, -0.2) is 22.9 Å². The summed E-state index contributed by atoms with van der Waals surface area (Å²) in [6, 6.07) is 8.78. The number of hydrogen-bond acceptors (Lipinski definition) is 4. The Morgan fingerprint density at radius 3 is 2.25 bits per heavy atom. The van der Waals surface area contributed by atoms with Crippen LogP contribution in [0.15, 0.2) is 50.8 Å². The lowest BCUT2D eigenvalue weighted by molar-refractivity contribution is -0.530. The van der Waals surface area contributed by atoms with E-state index in [4.69, 9.17) is 4.42 Å². The van der Waals surface area contributed by atoms with Crippen LogP contribution in [-0.2, 0) is 0 Å². The van der Waals surface area contributed by atoms with E-state index >= 15 is 0 Å². The predicted octanol–water partition coefficient (Wildman–Crippen LogP) is 5.06. The molecule has 0 saturated carbocycles. The van der Waals surface area contributed by atoms with Gasteiger partial charge in [-0.25, -0.2) is 4.74 Å². The van der Waals surface area contributed by atoms with E-state index in [-0.39, 0.29) is 5.75 Å². The molecule has 1 heterocycles. The van der Waals surface area contributed by atoms with Crippen LogP contribution in [0, 0.1) is 5.21 Å². The predicted molar refractivity (Wildman–Crippen MR) is 84.5 cm³/mol. The Bertz CT molecular complexity index is 715. The third-order valence-electron chi connectivity index (χ3n) is 2.78. The number of halogens is 3. The molecule has 2 rings (SSSR count). The Kier molecular flexibility index (Phi) is 5.17. The molecule has 0 aliphatic rings. The lowest BCUT2D eigenvalue weighted by Gasteiger charge is -2.17. The molecule has 0 aliphatic heterocycles. The Hall–Kier alpha value is -2.09. The topological polar surface area (TPSA) is 48.4 Å². The molecule has 0 spiro atoms. The van der Waals surface area contributed by atoms with Crippen LogP contribution in [0.4, 0.5) is 13.2 Å². The van der Waals surface area contributed by atoms with E-state index in [1.807, 2.05) is 0 Å². The van der Waals surface area contributed by atoms with Gasteiger partial charge in [0.2, 0.25) is 6.21 Å². The largest absolute Gasteiger partial charge is 0.623 e. The van der Waals surface area contributed by atoms with Gasteiger partial charge >= 0.3 is 6.36 Å². The fourth-order valence-corrected chi connectivity index (χ4v) is 2.37. The van der Waals surface area contributed by atoms with Gasteiger partial charge in [0, 0.05) is 25.7 Å². The number of hydroxylamine groups is 1. The van der Waals surface area contributed by atoms with Crippen molar-refractivity contribution in [2.24, 2.45) is 0 Å². The highest BCUT2D eigenvalue weighted by Crippen LogP contribution is 2.31. The molecule has 8 heteroatoms. The van der Waals surface area contributed by atoms with Crippen LogP contribution >= 0.6 is 11.8 Å². The molecule has 4 nitrogen and oxygen atoms in total. The average Bonchev–Trinajstić information content (AvgIpc) is 2.85. The van der Waals surface area contributed by atoms with Crippen molar-refractivity contribution in [2.75, 3.05) is 0 Å². The third-order valence-corrected chi connectivity index (χ3v) is 3.71. The van der Waals surface area contributed by atoms with E-state index in [1.165, 1.54) is 42.2 Å². The Morgan fingerprint density at radius 2 is 1.71 bits per heavy atom. The highest BCUT2D eigenvalue weighted by molar-refractivity contribution is 7.99. The van der Waals surface area contributed by atoms with Crippen molar-refractivity contribution in [2.45, 2.75) is 42.7 Å². The zero-order valence-electron chi connectivity index (χ0n) is 13.3. The fourth-order valence-electron chi connectivity index (χ4n) is 1.59. The average molecular weight is 359 g/mol. The molecule has 0 aliphatic carbocycles. The molecule has 0 unspecified atom stereocenters. The normalized spacial score (nSPS) is 13.2. The number of benzene rings is 1. The summed E-state index contributed by atoms with van der Waals surface area (Å²) in [5, 5.41) is 12.4. The van der Waals surface area contributed by atoms with Crippen LogP contribution in [0.25, 0.3) is 0 Å². The minimum Gasteiger partial charge on any atom is -0.623 e. The first-order valence-electron chi connectivity index (χ1n) is 6.98. The van der Waals surface area contributed by atoms with Gasteiger partial charge in [0.05, 0.1) is 0 Å². The number of furan rings is 1. The molecule has 24 heavy (non-hydrogen) atoms. The zero-order chi connectivity index (χ0) is 18.0. The van der Waals surface area contributed by atoms with E-state index in [0.717, 1.165) is 4.74 Å². The quantitative estimate of drug-likeness (QED) is 0.331. The van der Waals surface area contributed by atoms with Crippen molar-refractivity contribution in [1.29, 1.82) is 0 Å². The van der Waals surface area contributed by atoms with Gasteiger partial charge in [0.15, 0.2) is 16.4 Å². The maximum absolute atomic E-state index is 12.1. The van der Waals surface area contributed by atoms with Crippen LogP contribution in [0.1, 0.15) is 26.5 Å². The molecule has 0 fully saturated rings. The first-order chi connectivity index (χ1) is 11.0. The van der Waals surface area contributed by atoms with E-state index in [9.17, 15) is 18.4 Å². The van der Waals surface area contributed by atoms with Gasteiger partial charge < -0.3 is 14.4 Å². The van der Waals surface area contributed by atoms with Crippen molar-refractivity contribution in [1.82, 2.24) is 0 Å². The monoisotopic (exact) mass is 359 g/mol. The molecule has 0 saturated heterocycles. The summed E-state index contributed by atoms with van der Waals surface area (Å²) >= 11 is 1.23. The number of rotatable bonds is 4. The summed E-state index contributed by atoms with van der Waals surface area (Å²) in [5.74, 6) is 0.118. The van der Waals surface area contributed by atoms with Crippen molar-refractivity contribution in [3.8, 4) is 5.75 Å². The van der Waals surface area contributed by atoms with E-state index in [0.29, 0.717) is 15.7 Å². The molecular formula is C16H16F3NO3S. The summed E-state index contributed by atoms with van der Waals surface area (Å²) in [6.45, 7) is 5.33. The van der Waals surface area contributed by atoms with Gasteiger partial charge in [-0.3, -0.25) is 0 Å². The van der Waals surface area contributed by atoms with E-state index in [1.54, 1.807) is 32.9 Å². The summed E-state index contributed by atoms with van der Waals surface area (Å²) in [7, 11) is 0. The summed E-state index contributed by atoms with van der Waals surface area (Å²) in [5.41, 5.74) is -0.575. The van der Waals surface area contributed by atoms with Crippen molar-refractivity contribution in [3.63, 3.8) is 0 Å². The maximum Gasteiger partial charge on any atom is 0.573 e. The molecule has 2 aromatic rings. The second-order valence-electron chi connectivity index (χ2n) is 5.90. The summed E-state index contributed by atoms with van der Waals surface area (Å²) in [4.78, 5) is 0.681. The molecular weight excluding hydrogens is 343 g/mol. The number of hydrogen-bond donors (Lipinski definition) is 0.